The average Bonchev–Trinajstić information content (AvgIpc) is 2.24. The summed E-state index contributed by atoms with van der Waals surface area (Å²) in [5, 5.41) is 28.6. The highest BCUT2D eigenvalue weighted by atomic mass is 32.1. The molecule has 1 fully saturated rings. The van der Waals surface area contributed by atoms with Crippen LogP contribution in [0.3, 0.4) is 0 Å². The van der Waals surface area contributed by atoms with Crippen molar-refractivity contribution < 1.29 is 20.1 Å². The molecule has 1 aliphatic heterocycles. The van der Waals surface area contributed by atoms with E-state index in [1.807, 2.05) is 0 Å². The maximum absolute atomic E-state index is 9.56. The highest BCUT2D eigenvalue weighted by Crippen LogP contribution is 2.12. The molecule has 4 atom stereocenters. The van der Waals surface area contributed by atoms with E-state index >= 15 is 0 Å². The standard InChI is InChI=1S/C8H17N3O4S/c1-11(2)8(16)10-9-7-6(14)5(13)4(12)3-15-7/h4-7,9,12-14H,3H2,1-2H3,(H,10,16)/t4-,5-,6+,7+/m0/s1. The second kappa shape index (κ2) is 5.71. The molecule has 0 bridgehead atoms. The van der Waals surface area contributed by atoms with Crippen LogP contribution in [-0.4, -0.2) is 70.6 Å². The normalized spacial score (nSPS) is 34.6. The van der Waals surface area contributed by atoms with Crippen LogP contribution < -0.4 is 10.9 Å². The highest BCUT2D eigenvalue weighted by molar-refractivity contribution is 7.80. The van der Waals surface area contributed by atoms with Gasteiger partial charge in [0, 0.05) is 14.1 Å². The second-order valence-electron chi connectivity index (χ2n) is 3.77. The van der Waals surface area contributed by atoms with Crippen LogP contribution in [0, 0.1) is 0 Å². The second-order valence-corrected chi connectivity index (χ2v) is 4.16. The Kier molecular flexibility index (Phi) is 4.84. The van der Waals surface area contributed by atoms with E-state index in [4.69, 9.17) is 17.0 Å². The zero-order chi connectivity index (χ0) is 12.3. The Balaban J connectivity index is 2.40. The first-order valence-corrected chi connectivity index (χ1v) is 5.23. The molecular weight excluding hydrogens is 234 g/mol. The Morgan fingerprint density at radius 3 is 2.50 bits per heavy atom. The minimum Gasteiger partial charge on any atom is -0.388 e. The van der Waals surface area contributed by atoms with E-state index in [2.05, 4.69) is 10.9 Å². The van der Waals surface area contributed by atoms with Crippen LogP contribution in [0.25, 0.3) is 0 Å². The minimum atomic E-state index is -1.24. The zero-order valence-corrected chi connectivity index (χ0v) is 9.94. The Morgan fingerprint density at radius 1 is 1.31 bits per heavy atom. The summed E-state index contributed by atoms with van der Waals surface area (Å²) in [5.74, 6) is 0. The zero-order valence-electron chi connectivity index (χ0n) is 9.12. The van der Waals surface area contributed by atoms with Crippen molar-refractivity contribution in [2.45, 2.75) is 24.5 Å². The molecule has 1 saturated heterocycles. The molecule has 0 radical (unpaired) electrons. The van der Waals surface area contributed by atoms with Crippen molar-refractivity contribution in [3.8, 4) is 0 Å². The maximum Gasteiger partial charge on any atom is 0.183 e. The van der Waals surface area contributed by atoms with E-state index in [1.165, 1.54) is 0 Å². The van der Waals surface area contributed by atoms with Gasteiger partial charge in [-0.2, -0.15) is 0 Å². The Morgan fingerprint density at radius 2 is 1.94 bits per heavy atom. The third-order valence-corrected chi connectivity index (χ3v) is 2.70. The monoisotopic (exact) mass is 251 g/mol. The first-order valence-electron chi connectivity index (χ1n) is 4.82. The summed E-state index contributed by atoms with van der Waals surface area (Å²) >= 11 is 4.94. The Hall–Kier alpha value is -0.510. The average molecular weight is 251 g/mol. The molecule has 0 aliphatic carbocycles. The van der Waals surface area contributed by atoms with Crippen LogP contribution in [-0.2, 0) is 4.74 Å². The van der Waals surface area contributed by atoms with Crippen molar-refractivity contribution >= 4 is 17.3 Å². The summed E-state index contributed by atoms with van der Waals surface area (Å²) in [7, 11) is 3.52. The summed E-state index contributed by atoms with van der Waals surface area (Å²) in [6, 6.07) is 0. The molecule has 94 valence electrons. The van der Waals surface area contributed by atoms with Gasteiger partial charge in [-0.25, -0.2) is 5.43 Å². The van der Waals surface area contributed by atoms with Gasteiger partial charge in [0.05, 0.1) is 6.61 Å². The van der Waals surface area contributed by atoms with Crippen LogP contribution in [0.2, 0.25) is 0 Å². The molecule has 16 heavy (non-hydrogen) atoms. The van der Waals surface area contributed by atoms with Gasteiger partial charge in [0.15, 0.2) is 11.3 Å². The number of rotatable bonds is 2. The third-order valence-electron chi connectivity index (χ3n) is 2.23. The molecule has 1 heterocycles. The lowest BCUT2D eigenvalue weighted by Gasteiger charge is -2.35. The molecule has 7 nitrogen and oxygen atoms in total. The fourth-order valence-corrected chi connectivity index (χ4v) is 1.24. The maximum atomic E-state index is 9.56. The summed E-state index contributed by atoms with van der Waals surface area (Å²) in [4.78, 5) is 1.66. The van der Waals surface area contributed by atoms with Crippen LogP contribution in [0.1, 0.15) is 0 Å². The summed E-state index contributed by atoms with van der Waals surface area (Å²) in [6.45, 7) is -0.0493. The smallest absolute Gasteiger partial charge is 0.183 e. The van der Waals surface area contributed by atoms with Crippen molar-refractivity contribution in [2.75, 3.05) is 20.7 Å². The van der Waals surface area contributed by atoms with Gasteiger partial charge in [-0.05, 0) is 12.2 Å². The molecule has 0 saturated carbocycles. The van der Waals surface area contributed by atoms with Gasteiger partial charge in [0.1, 0.15) is 18.3 Å². The summed E-state index contributed by atoms with van der Waals surface area (Å²) in [5.41, 5.74) is 5.27. The van der Waals surface area contributed by atoms with Crippen molar-refractivity contribution in [3.05, 3.63) is 0 Å². The van der Waals surface area contributed by atoms with E-state index < -0.39 is 24.5 Å². The molecule has 8 heteroatoms. The number of thiocarbonyl (C=S) groups is 1. The number of hydrogen-bond donors (Lipinski definition) is 5. The fraction of sp³-hybridized carbons (Fsp3) is 0.875. The SMILES string of the molecule is CN(C)C(=S)NN[C@@H]1OC[C@H](O)[C@H](O)[C@H]1O. The fourth-order valence-electron chi connectivity index (χ4n) is 1.18. The van der Waals surface area contributed by atoms with Gasteiger partial charge in [0.25, 0.3) is 0 Å². The number of aliphatic hydroxyl groups is 3. The van der Waals surface area contributed by atoms with Crippen LogP contribution >= 0.6 is 12.2 Å². The molecule has 0 aromatic carbocycles. The predicted molar refractivity (Wildman–Crippen MR) is 60.3 cm³/mol. The Labute approximate surface area is 99.0 Å². The molecule has 1 rings (SSSR count). The number of nitrogens with zero attached hydrogens (tertiary/aromatic N) is 1. The number of hydrogen-bond acceptors (Lipinski definition) is 6. The van der Waals surface area contributed by atoms with Gasteiger partial charge >= 0.3 is 0 Å². The van der Waals surface area contributed by atoms with Gasteiger partial charge in [-0.3, -0.25) is 5.43 Å². The number of nitrogens with one attached hydrogen (secondary N) is 2. The number of hydrazine groups is 1. The topological polar surface area (TPSA) is 97.2 Å². The predicted octanol–water partition coefficient (Wildman–Crippen LogP) is -2.63. The summed E-state index contributed by atoms with van der Waals surface area (Å²) in [6.07, 6.45) is -4.35. The van der Waals surface area contributed by atoms with E-state index in [1.54, 1.807) is 19.0 Å². The molecule has 0 spiro atoms. The van der Waals surface area contributed by atoms with Crippen LogP contribution in [0.5, 0.6) is 0 Å². The molecule has 5 N–H and O–H groups in total. The highest BCUT2D eigenvalue weighted by Gasteiger charge is 2.37. The summed E-state index contributed by atoms with van der Waals surface area (Å²) < 4.78 is 5.09. The van der Waals surface area contributed by atoms with E-state index in [-0.39, 0.29) is 6.61 Å². The van der Waals surface area contributed by atoms with Gasteiger partial charge in [-0.15, -0.1) is 0 Å². The molecule has 0 aromatic rings. The number of ether oxygens (including phenoxy) is 1. The van der Waals surface area contributed by atoms with Gasteiger partial charge in [0.2, 0.25) is 0 Å². The molecule has 0 unspecified atom stereocenters. The molecule has 0 aromatic heterocycles. The first kappa shape index (κ1) is 13.6. The van der Waals surface area contributed by atoms with E-state index in [9.17, 15) is 15.3 Å². The lowest BCUT2D eigenvalue weighted by molar-refractivity contribution is -0.196. The largest absolute Gasteiger partial charge is 0.388 e. The Bertz CT molecular complexity index is 253. The van der Waals surface area contributed by atoms with Crippen molar-refractivity contribution in [1.29, 1.82) is 0 Å². The molecule has 1 aliphatic rings. The number of aliphatic hydroxyl groups excluding tert-OH is 3. The molecule has 0 amide bonds. The van der Waals surface area contributed by atoms with E-state index in [0.717, 1.165) is 0 Å². The van der Waals surface area contributed by atoms with Gasteiger partial charge < -0.3 is 25.0 Å². The van der Waals surface area contributed by atoms with Crippen LogP contribution in [0.4, 0.5) is 0 Å². The van der Waals surface area contributed by atoms with Crippen molar-refractivity contribution in [3.63, 3.8) is 0 Å². The van der Waals surface area contributed by atoms with Crippen molar-refractivity contribution in [2.24, 2.45) is 0 Å². The van der Waals surface area contributed by atoms with Crippen molar-refractivity contribution in [1.82, 2.24) is 15.8 Å². The first-order chi connectivity index (χ1) is 7.43. The molecular formula is C8H17N3O4S. The van der Waals surface area contributed by atoms with Gasteiger partial charge in [-0.1, -0.05) is 0 Å². The van der Waals surface area contributed by atoms with Crippen LogP contribution in [0.15, 0.2) is 0 Å². The lowest BCUT2D eigenvalue weighted by atomic mass is 10.1. The lowest BCUT2D eigenvalue weighted by Crippen LogP contribution is -2.61. The quantitative estimate of drug-likeness (QED) is 0.269. The third kappa shape index (κ3) is 3.24. The van der Waals surface area contributed by atoms with E-state index in [0.29, 0.717) is 5.11 Å². The minimum absolute atomic E-state index is 0.0493.